The Kier molecular flexibility index (Phi) is 4.51. The summed E-state index contributed by atoms with van der Waals surface area (Å²) in [6, 6.07) is 11.6. The van der Waals surface area contributed by atoms with Crippen molar-refractivity contribution in [1.82, 2.24) is 0 Å². The molecule has 0 spiro atoms. The zero-order valence-corrected chi connectivity index (χ0v) is 12.6. The molecule has 0 aliphatic rings. The van der Waals surface area contributed by atoms with Gasteiger partial charge in [-0.1, -0.05) is 41.4 Å². The lowest BCUT2D eigenvalue weighted by atomic mass is 9.94. The van der Waals surface area contributed by atoms with Crippen LogP contribution in [0, 0.1) is 13.8 Å². The van der Waals surface area contributed by atoms with E-state index in [1.54, 1.807) is 6.07 Å². The van der Waals surface area contributed by atoms with Gasteiger partial charge in [-0.25, -0.2) is 0 Å². The van der Waals surface area contributed by atoms with E-state index in [2.05, 4.69) is 26.0 Å². The summed E-state index contributed by atoms with van der Waals surface area (Å²) in [5.41, 5.74) is 11.0. The third-order valence-electron chi connectivity index (χ3n) is 3.49. The molecule has 1 unspecified atom stereocenters. The van der Waals surface area contributed by atoms with Gasteiger partial charge in [-0.05, 0) is 60.7 Å². The normalized spacial score (nSPS) is 12.5. The molecule has 19 heavy (non-hydrogen) atoms. The fourth-order valence-corrected chi connectivity index (χ4v) is 2.61. The van der Waals surface area contributed by atoms with E-state index in [0.717, 1.165) is 11.1 Å². The highest BCUT2D eigenvalue weighted by Crippen LogP contribution is 2.27. The molecule has 0 aliphatic carbocycles. The molecule has 0 amide bonds. The first-order valence-corrected chi connectivity index (χ1v) is 7.00. The van der Waals surface area contributed by atoms with Crippen LogP contribution in [-0.2, 0) is 6.42 Å². The number of aryl methyl sites for hydroxylation is 1. The summed E-state index contributed by atoms with van der Waals surface area (Å²) in [6.45, 7) is 4.20. The van der Waals surface area contributed by atoms with Gasteiger partial charge in [0.15, 0.2) is 0 Å². The standard InChI is InChI=1S/C16H17Cl2N/c1-10-4-3-5-14(11(10)2)16(19)9-12-8-13(17)6-7-15(12)18/h3-8,16H,9,19H2,1-2H3. The predicted molar refractivity (Wildman–Crippen MR) is 83.0 cm³/mol. The first-order chi connectivity index (χ1) is 8.99. The molecule has 0 heterocycles. The van der Waals surface area contributed by atoms with Crippen molar-refractivity contribution in [1.29, 1.82) is 0 Å². The quantitative estimate of drug-likeness (QED) is 0.860. The van der Waals surface area contributed by atoms with Gasteiger partial charge in [-0.15, -0.1) is 0 Å². The minimum Gasteiger partial charge on any atom is -0.324 e. The Balaban J connectivity index is 2.28. The molecule has 2 rings (SSSR count). The molecule has 0 fully saturated rings. The van der Waals surface area contributed by atoms with Crippen molar-refractivity contribution in [2.24, 2.45) is 5.73 Å². The van der Waals surface area contributed by atoms with Crippen LogP contribution in [0.25, 0.3) is 0 Å². The first kappa shape index (κ1) is 14.4. The van der Waals surface area contributed by atoms with Crippen molar-refractivity contribution in [3.63, 3.8) is 0 Å². The Bertz CT molecular complexity index is 593. The van der Waals surface area contributed by atoms with Gasteiger partial charge in [0.2, 0.25) is 0 Å². The van der Waals surface area contributed by atoms with Gasteiger partial charge >= 0.3 is 0 Å². The van der Waals surface area contributed by atoms with Crippen LogP contribution in [0.4, 0.5) is 0 Å². The second-order valence-electron chi connectivity index (χ2n) is 4.84. The maximum Gasteiger partial charge on any atom is 0.0439 e. The van der Waals surface area contributed by atoms with Crippen LogP contribution >= 0.6 is 23.2 Å². The monoisotopic (exact) mass is 293 g/mol. The lowest BCUT2D eigenvalue weighted by Gasteiger charge is -2.17. The van der Waals surface area contributed by atoms with E-state index in [1.807, 2.05) is 18.2 Å². The van der Waals surface area contributed by atoms with Crippen molar-refractivity contribution in [3.05, 3.63) is 68.7 Å². The van der Waals surface area contributed by atoms with Crippen molar-refractivity contribution in [3.8, 4) is 0 Å². The summed E-state index contributed by atoms with van der Waals surface area (Å²) in [7, 11) is 0. The maximum absolute atomic E-state index is 6.31. The molecule has 2 N–H and O–H groups in total. The smallest absolute Gasteiger partial charge is 0.0439 e. The van der Waals surface area contributed by atoms with Gasteiger partial charge in [0.25, 0.3) is 0 Å². The van der Waals surface area contributed by atoms with Gasteiger partial charge in [0.05, 0.1) is 0 Å². The predicted octanol–water partition coefficient (Wildman–Crippen LogP) is 4.85. The Morgan fingerprint density at radius 2 is 1.84 bits per heavy atom. The number of hydrogen-bond acceptors (Lipinski definition) is 1. The molecule has 1 nitrogen and oxygen atoms in total. The average molecular weight is 294 g/mol. The lowest BCUT2D eigenvalue weighted by molar-refractivity contribution is 0.715. The van der Waals surface area contributed by atoms with Crippen LogP contribution in [0.5, 0.6) is 0 Å². The number of rotatable bonds is 3. The highest BCUT2D eigenvalue weighted by atomic mass is 35.5. The molecule has 0 aliphatic heterocycles. The van der Waals surface area contributed by atoms with Gasteiger partial charge in [-0.3, -0.25) is 0 Å². The lowest BCUT2D eigenvalue weighted by Crippen LogP contribution is -2.15. The van der Waals surface area contributed by atoms with E-state index in [9.17, 15) is 0 Å². The van der Waals surface area contributed by atoms with Crippen molar-refractivity contribution in [2.45, 2.75) is 26.3 Å². The Hall–Kier alpha value is -1.02. The summed E-state index contributed by atoms with van der Waals surface area (Å²) < 4.78 is 0. The molecule has 1 atom stereocenters. The summed E-state index contributed by atoms with van der Waals surface area (Å²) in [6.07, 6.45) is 0.684. The second kappa shape index (κ2) is 5.96. The highest BCUT2D eigenvalue weighted by Gasteiger charge is 2.13. The van der Waals surface area contributed by atoms with E-state index < -0.39 is 0 Å². The van der Waals surface area contributed by atoms with Crippen LogP contribution in [0.2, 0.25) is 10.0 Å². The molecule has 3 heteroatoms. The minimum absolute atomic E-state index is 0.0733. The highest BCUT2D eigenvalue weighted by molar-refractivity contribution is 6.33. The van der Waals surface area contributed by atoms with Crippen molar-refractivity contribution < 1.29 is 0 Å². The van der Waals surface area contributed by atoms with Gasteiger partial charge in [0.1, 0.15) is 0 Å². The summed E-state index contributed by atoms with van der Waals surface area (Å²) in [5, 5.41) is 1.40. The zero-order chi connectivity index (χ0) is 14.0. The molecular weight excluding hydrogens is 277 g/mol. The van der Waals surface area contributed by atoms with Gasteiger partial charge < -0.3 is 5.73 Å². The third kappa shape index (κ3) is 3.30. The van der Waals surface area contributed by atoms with Crippen molar-refractivity contribution in [2.75, 3.05) is 0 Å². The zero-order valence-electron chi connectivity index (χ0n) is 11.1. The number of hydrogen-bond donors (Lipinski definition) is 1. The molecule has 2 aromatic rings. The molecule has 2 aromatic carbocycles. The van der Waals surface area contributed by atoms with E-state index in [4.69, 9.17) is 28.9 Å². The van der Waals surface area contributed by atoms with Gasteiger partial charge in [-0.2, -0.15) is 0 Å². The maximum atomic E-state index is 6.31. The number of benzene rings is 2. The summed E-state index contributed by atoms with van der Waals surface area (Å²) >= 11 is 12.2. The SMILES string of the molecule is Cc1cccc(C(N)Cc2cc(Cl)ccc2Cl)c1C. The number of halogens is 2. The molecule has 0 saturated heterocycles. The minimum atomic E-state index is -0.0733. The topological polar surface area (TPSA) is 26.0 Å². The summed E-state index contributed by atoms with van der Waals surface area (Å²) in [5.74, 6) is 0. The van der Waals surface area contributed by atoms with E-state index >= 15 is 0 Å². The van der Waals surface area contributed by atoms with E-state index in [1.165, 1.54) is 11.1 Å². The van der Waals surface area contributed by atoms with Gasteiger partial charge in [0, 0.05) is 16.1 Å². The fourth-order valence-electron chi connectivity index (χ4n) is 2.22. The van der Waals surface area contributed by atoms with Crippen LogP contribution < -0.4 is 5.73 Å². The molecule has 100 valence electrons. The first-order valence-electron chi connectivity index (χ1n) is 6.24. The number of nitrogens with two attached hydrogens (primary N) is 1. The van der Waals surface area contributed by atoms with E-state index in [-0.39, 0.29) is 6.04 Å². The van der Waals surface area contributed by atoms with E-state index in [0.29, 0.717) is 16.5 Å². The largest absolute Gasteiger partial charge is 0.324 e. The molecule has 0 aromatic heterocycles. The third-order valence-corrected chi connectivity index (χ3v) is 4.10. The van der Waals surface area contributed by atoms with Crippen LogP contribution in [0.1, 0.15) is 28.3 Å². The van der Waals surface area contributed by atoms with Crippen molar-refractivity contribution >= 4 is 23.2 Å². The average Bonchev–Trinajstić information content (AvgIpc) is 2.37. The molecule has 0 saturated carbocycles. The Morgan fingerprint density at radius 3 is 2.58 bits per heavy atom. The fraction of sp³-hybridized carbons (Fsp3) is 0.250. The summed E-state index contributed by atoms with van der Waals surface area (Å²) in [4.78, 5) is 0. The molecular formula is C16H17Cl2N. The molecule has 0 radical (unpaired) electrons. The Labute approximate surface area is 124 Å². The Morgan fingerprint density at radius 1 is 1.11 bits per heavy atom. The van der Waals surface area contributed by atoms with Crippen LogP contribution in [0.15, 0.2) is 36.4 Å². The molecule has 0 bridgehead atoms. The second-order valence-corrected chi connectivity index (χ2v) is 5.68. The van der Waals surface area contributed by atoms with Crippen LogP contribution in [0.3, 0.4) is 0 Å². The van der Waals surface area contributed by atoms with Crippen LogP contribution in [-0.4, -0.2) is 0 Å².